The van der Waals surface area contributed by atoms with Gasteiger partial charge in [-0.05, 0) is 19.1 Å². The van der Waals surface area contributed by atoms with E-state index in [1.165, 1.54) is 6.07 Å². The third kappa shape index (κ3) is 1.99. The van der Waals surface area contributed by atoms with Crippen molar-refractivity contribution in [1.82, 2.24) is 10.1 Å². The van der Waals surface area contributed by atoms with Crippen molar-refractivity contribution >= 4 is 11.6 Å². The highest BCUT2D eigenvalue weighted by Crippen LogP contribution is 2.22. The fraction of sp³-hybridized carbons (Fsp3) is 0.200. The van der Waals surface area contributed by atoms with Crippen molar-refractivity contribution in [2.75, 3.05) is 0 Å². The van der Waals surface area contributed by atoms with Crippen molar-refractivity contribution in [1.29, 1.82) is 0 Å². The van der Waals surface area contributed by atoms with E-state index >= 15 is 0 Å². The molecule has 0 atom stereocenters. The lowest BCUT2D eigenvalue weighted by Gasteiger charge is -1.98. The third-order valence-electron chi connectivity index (χ3n) is 1.94. The molecule has 0 aliphatic carbocycles. The first kappa shape index (κ1) is 10.1. The first-order valence-electron chi connectivity index (χ1n) is 4.36. The van der Waals surface area contributed by atoms with E-state index in [1.54, 1.807) is 12.1 Å². The summed E-state index contributed by atoms with van der Waals surface area (Å²) >= 11 is 5.52. The smallest absolute Gasteiger partial charge is 0.260 e. The summed E-state index contributed by atoms with van der Waals surface area (Å²) in [7, 11) is 0. The number of nitrogens with zero attached hydrogens (tertiary/aromatic N) is 2. The largest absolute Gasteiger partial charge is 0.334 e. The van der Waals surface area contributed by atoms with Crippen LogP contribution in [0.15, 0.2) is 22.7 Å². The summed E-state index contributed by atoms with van der Waals surface area (Å²) in [4.78, 5) is 3.95. The summed E-state index contributed by atoms with van der Waals surface area (Å²) in [6.45, 7) is 1.86. The average molecular weight is 227 g/mol. The fourth-order valence-electron chi connectivity index (χ4n) is 1.22. The van der Waals surface area contributed by atoms with Crippen LogP contribution in [0.2, 0.25) is 0 Å². The zero-order valence-corrected chi connectivity index (χ0v) is 8.75. The second kappa shape index (κ2) is 3.98. The molecule has 15 heavy (non-hydrogen) atoms. The van der Waals surface area contributed by atoms with Crippen molar-refractivity contribution in [2.24, 2.45) is 0 Å². The van der Waals surface area contributed by atoms with Gasteiger partial charge >= 0.3 is 0 Å². The highest BCUT2D eigenvalue weighted by Gasteiger charge is 2.12. The average Bonchev–Trinajstić information content (AvgIpc) is 2.70. The van der Waals surface area contributed by atoms with Crippen LogP contribution >= 0.6 is 11.6 Å². The summed E-state index contributed by atoms with van der Waals surface area (Å²) in [6, 6.07) is 4.70. The van der Waals surface area contributed by atoms with Crippen molar-refractivity contribution in [3.63, 3.8) is 0 Å². The van der Waals surface area contributed by atoms with E-state index in [1.807, 2.05) is 6.92 Å². The van der Waals surface area contributed by atoms with E-state index < -0.39 is 0 Å². The van der Waals surface area contributed by atoms with Gasteiger partial charge in [-0.15, -0.1) is 11.6 Å². The number of halogens is 2. The molecule has 1 aromatic carbocycles. The van der Waals surface area contributed by atoms with Gasteiger partial charge in [0.25, 0.3) is 5.89 Å². The van der Waals surface area contributed by atoms with Crippen LogP contribution in [-0.2, 0) is 5.88 Å². The van der Waals surface area contributed by atoms with Crippen LogP contribution in [0.1, 0.15) is 11.4 Å². The van der Waals surface area contributed by atoms with Crippen LogP contribution in [0.25, 0.3) is 11.5 Å². The minimum atomic E-state index is -0.384. The maximum Gasteiger partial charge on any atom is 0.260 e. The molecule has 2 aromatic rings. The topological polar surface area (TPSA) is 38.9 Å². The minimum absolute atomic E-state index is 0.150. The van der Waals surface area contributed by atoms with Crippen LogP contribution in [0.4, 0.5) is 4.39 Å². The summed E-state index contributed by atoms with van der Waals surface area (Å²) in [5.41, 5.74) is 1.23. The molecular formula is C10H8ClFN2O. The molecule has 0 bridgehead atoms. The molecule has 3 nitrogen and oxygen atoms in total. The van der Waals surface area contributed by atoms with Crippen molar-refractivity contribution in [3.8, 4) is 11.5 Å². The Morgan fingerprint density at radius 2 is 2.27 bits per heavy atom. The summed E-state index contributed by atoms with van der Waals surface area (Å²) in [5, 5.41) is 3.60. The van der Waals surface area contributed by atoms with Crippen LogP contribution in [0, 0.1) is 12.7 Å². The van der Waals surface area contributed by atoms with Gasteiger partial charge in [0.2, 0.25) is 0 Å². The first-order valence-corrected chi connectivity index (χ1v) is 4.89. The van der Waals surface area contributed by atoms with Crippen molar-refractivity contribution < 1.29 is 8.91 Å². The Labute approximate surface area is 90.9 Å². The quantitative estimate of drug-likeness (QED) is 0.739. The van der Waals surface area contributed by atoms with Gasteiger partial charge in [0.1, 0.15) is 5.82 Å². The molecule has 0 saturated carbocycles. The predicted molar refractivity (Wildman–Crippen MR) is 54.0 cm³/mol. The van der Waals surface area contributed by atoms with E-state index in [0.717, 1.165) is 5.56 Å². The molecular weight excluding hydrogens is 219 g/mol. The molecule has 0 unspecified atom stereocenters. The molecule has 0 saturated heterocycles. The van der Waals surface area contributed by atoms with Gasteiger partial charge in [-0.1, -0.05) is 16.8 Å². The Morgan fingerprint density at radius 1 is 1.47 bits per heavy atom. The standard InChI is InChI=1S/C10H8ClFN2O/c1-6-2-3-8(12)7(4-6)10-13-9(5-11)14-15-10/h2-4H,5H2,1H3. The maximum atomic E-state index is 13.4. The van der Waals surface area contributed by atoms with E-state index in [0.29, 0.717) is 11.4 Å². The molecule has 0 radical (unpaired) electrons. The zero-order valence-electron chi connectivity index (χ0n) is 8.00. The molecule has 1 heterocycles. The molecule has 1 aromatic heterocycles. The number of rotatable bonds is 2. The van der Waals surface area contributed by atoms with Gasteiger partial charge in [0.15, 0.2) is 5.82 Å². The van der Waals surface area contributed by atoms with Gasteiger partial charge in [-0.3, -0.25) is 0 Å². The van der Waals surface area contributed by atoms with Crippen LogP contribution in [-0.4, -0.2) is 10.1 Å². The Bertz CT molecular complexity index is 484. The van der Waals surface area contributed by atoms with Gasteiger partial charge < -0.3 is 4.52 Å². The molecule has 78 valence electrons. The Kier molecular flexibility index (Phi) is 2.68. The highest BCUT2D eigenvalue weighted by atomic mass is 35.5. The lowest BCUT2D eigenvalue weighted by atomic mass is 10.1. The maximum absolute atomic E-state index is 13.4. The summed E-state index contributed by atoms with van der Waals surface area (Å²) < 4.78 is 18.3. The van der Waals surface area contributed by atoms with Crippen LogP contribution in [0.5, 0.6) is 0 Å². The molecule has 5 heteroatoms. The number of hydrogen-bond donors (Lipinski definition) is 0. The number of benzene rings is 1. The molecule has 2 rings (SSSR count). The number of aryl methyl sites for hydroxylation is 1. The lowest BCUT2D eigenvalue weighted by Crippen LogP contribution is -1.86. The van der Waals surface area contributed by atoms with E-state index in [2.05, 4.69) is 10.1 Å². The molecule has 0 aliphatic rings. The molecule has 0 spiro atoms. The molecule has 0 aliphatic heterocycles. The van der Waals surface area contributed by atoms with E-state index in [9.17, 15) is 4.39 Å². The van der Waals surface area contributed by atoms with E-state index in [-0.39, 0.29) is 17.6 Å². The van der Waals surface area contributed by atoms with Crippen LogP contribution < -0.4 is 0 Å². The van der Waals surface area contributed by atoms with Crippen molar-refractivity contribution in [3.05, 3.63) is 35.4 Å². The second-order valence-corrected chi connectivity index (χ2v) is 3.40. The zero-order chi connectivity index (χ0) is 10.8. The molecule has 0 fully saturated rings. The number of hydrogen-bond acceptors (Lipinski definition) is 3. The molecule has 0 amide bonds. The van der Waals surface area contributed by atoms with Gasteiger partial charge in [-0.25, -0.2) is 4.39 Å². The summed E-state index contributed by atoms with van der Waals surface area (Å²) in [6.07, 6.45) is 0. The van der Waals surface area contributed by atoms with E-state index in [4.69, 9.17) is 16.1 Å². The van der Waals surface area contributed by atoms with Gasteiger partial charge in [0, 0.05) is 0 Å². The minimum Gasteiger partial charge on any atom is -0.334 e. The van der Waals surface area contributed by atoms with Crippen LogP contribution in [0.3, 0.4) is 0 Å². The van der Waals surface area contributed by atoms with Gasteiger partial charge in [0.05, 0.1) is 11.4 Å². The molecule has 0 N–H and O–H groups in total. The highest BCUT2D eigenvalue weighted by molar-refractivity contribution is 6.16. The Morgan fingerprint density at radius 3 is 2.93 bits per heavy atom. The first-order chi connectivity index (χ1) is 7.20. The monoisotopic (exact) mass is 226 g/mol. The Hall–Kier alpha value is -1.42. The van der Waals surface area contributed by atoms with Gasteiger partial charge in [-0.2, -0.15) is 4.98 Å². The summed E-state index contributed by atoms with van der Waals surface area (Å²) in [5.74, 6) is 0.279. The number of alkyl halides is 1. The normalized spacial score (nSPS) is 10.6. The number of aromatic nitrogens is 2. The third-order valence-corrected chi connectivity index (χ3v) is 2.18. The lowest BCUT2D eigenvalue weighted by molar-refractivity contribution is 0.422. The second-order valence-electron chi connectivity index (χ2n) is 3.13. The SMILES string of the molecule is Cc1ccc(F)c(-c2nc(CCl)no2)c1. The predicted octanol–water partition coefficient (Wildman–Crippen LogP) is 2.92. The van der Waals surface area contributed by atoms with Crippen molar-refractivity contribution in [2.45, 2.75) is 12.8 Å². The Balaban J connectivity index is 2.48. The fourth-order valence-corrected chi connectivity index (χ4v) is 1.33.